The number of benzene rings is 1. The van der Waals surface area contributed by atoms with Crippen LogP contribution in [0.5, 0.6) is 0 Å². The first-order chi connectivity index (χ1) is 8.25. The standard InChI is InChI=1S/C13H10FN3/c1-9-2-3-11(14)10(6-9)12-7-16-13-8-15-4-5-17(12)13/h2-8H,1H3. The summed E-state index contributed by atoms with van der Waals surface area (Å²) in [5.41, 5.74) is 3.03. The van der Waals surface area contributed by atoms with Gasteiger partial charge in [0.1, 0.15) is 5.82 Å². The zero-order chi connectivity index (χ0) is 11.8. The second kappa shape index (κ2) is 3.66. The normalized spacial score (nSPS) is 10.9. The SMILES string of the molecule is Cc1ccc(F)c(-c2cnc3cnccn23)c1. The Balaban J connectivity index is 2.31. The van der Waals surface area contributed by atoms with Crippen molar-refractivity contribution < 1.29 is 4.39 Å². The Hall–Kier alpha value is -2.23. The smallest absolute Gasteiger partial charge is 0.155 e. The summed E-state index contributed by atoms with van der Waals surface area (Å²) in [4.78, 5) is 8.18. The van der Waals surface area contributed by atoms with E-state index in [1.165, 1.54) is 6.07 Å². The first-order valence-electron chi connectivity index (χ1n) is 5.29. The van der Waals surface area contributed by atoms with Crippen LogP contribution in [-0.2, 0) is 0 Å². The monoisotopic (exact) mass is 227 g/mol. The minimum Gasteiger partial charge on any atom is -0.297 e. The summed E-state index contributed by atoms with van der Waals surface area (Å²) in [6.07, 6.45) is 6.75. The number of rotatable bonds is 1. The average molecular weight is 227 g/mol. The van der Waals surface area contributed by atoms with Crippen molar-refractivity contribution in [2.45, 2.75) is 6.92 Å². The van der Waals surface area contributed by atoms with Crippen molar-refractivity contribution in [3.8, 4) is 11.3 Å². The Morgan fingerprint density at radius 2 is 2.12 bits per heavy atom. The summed E-state index contributed by atoms with van der Waals surface area (Å²) in [6.45, 7) is 1.94. The maximum atomic E-state index is 13.8. The molecule has 0 unspecified atom stereocenters. The molecule has 0 saturated carbocycles. The van der Waals surface area contributed by atoms with Gasteiger partial charge < -0.3 is 0 Å². The fraction of sp³-hybridized carbons (Fsp3) is 0.0769. The molecule has 0 aliphatic carbocycles. The van der Waals surface area contributed by atoms with E-state index in [1.807, 2.05) is 17.4 Å². The van der Waals surface area contributed by atoms with Gasteiger partial charge >= 0.3 is 0 Å². The molecule has 0 atom stereocenters. The molecule has 0 radical (unpaired) electrons. The van der Waals surface area contributed by atoms with Gasteiger partial charge in [-0.05, 0) is 19.1 Å². The fourth-order valence-corrected chi connectivity index (χ4v) is 1.88. The molecule has 1 aromatic carbocycles. The molecule has 0 N–H and O–H groups in total. The highest BCUT2D eigenvalue weighted by molar-refractivity contribution is 5.64. The average Bonchev–Trinajstić information content (AvgIpc) is 2.76. The van der Waals surface area contributed by atoms with E-state index in [0.29, 0.717) is 11.2 Å². The van der Waals surface area contributed by atoms with E-state index in [9.17, 15) is 4.39 Å². The summed E-state index contributed by atoms with van der Waals surface area (Å²) in [7, 11) is 0. The van der Waals surface area contributed by atoms with Crippen molar-refractivity contribution >= 4 is 5.65 Å². The van der Waals surface area contributed by atoms with Gasteiger partial charge in [0.15, 0.2) is 5.65 Å². The molecule has 3 aromatic rings. The van der Waals surface area contributed by atoms with E-state index >= 15 is 0 Å². The van der Waals surface area contributed by atoms with Crippen LogP contribution in [0.25, 0.3) is 16.9 Å². The van der Waals surface area contributed by atoms with Crippen molar-refractivity contribution in [3.05, 3.63) is 54.4 Å². The van der Waals surface area contributed by atoms with Gasteiger partial charge in [0.25, 0.3) is 0 Å². The summed E-state index contributed by atoms with van der Waals surface area (Å²) in [5, 5.41) is 0. The Morgan fingerprint density at radius 1 is 1.24 bits per heavy atom. The number of imidazole rings is 1. The molecular weight excluding hydrogens is 217 g/mol. The van der Waals surface area contributed by atoms with Crippen molar-refractivity contribution in [1.82, 2.24) is 14.4 Å². The Bertz CT molecular complexity index is 688. The van der Waals surface area contributed by atoms with Gasteiger partial charge in [-0.1, -0.05) is 11.6 Å². The lowest BCUT2D eigenvalue weighted by Crippen LogP contribution is -1.91. The third kappa shape index (κ3) is 1.58. The minimum absolute atomic E-state index is 0.241. The van der Waals surface area contributed by atoms with Crippen LogP contribution in [0.1, 0.15) is 5.56 Å². The van der Waals surface area contributed by atoms with Gasteiger partial charge in [-0.3, -0.25) is 9.38 Å². The molecule has 3 nitrogen and oxygen atoms in total. The first-order valence-corrected chi connectivity index (χ1v) is 5.29. The van der Waals surface area contributed by atoms with Crippen LogP contribution < -0.4 is 0 Å². The van der Waals surface area contributed by atoms with Crippen LogP contribution >= 0.6 is 0 Å². The maximum Gasteiger partial charge on any atom is 0.155 e. The number of hydrogen-bond acceptors (Lipinski definition) is 2. The minimum atomic E-state index is -0.241. The van der Waals surface area contributed by atoms with Crippen LogP contribution in [0, 0.1) is 12.7 Å². The van der Waals surface area contributed by atoms with Crippen LogP contribution in [-0.4, -0.2) is 14.4 Å². The summed E-state index contributed by atoms with van der Waals surface area (Å²) >= 11 is 0. The highest BCUT2D eigenvalue weighted by Crippen LogP contribution is 2.24. The van der Waals surface area contributed by atoms with E-state index in [-0.39, 0.29) is 5.82 Å². The molecule has 2 aromatic heterocycles. The molecule has 4 heteroatoms. The molecule has 84 valence electrons. The number of hydrogen-bond donors (Lipinski definition) is 0. The highest BCUT2D eigenvalue weighted by Gasteiger charge is 2.10. The van der Waals surface area contributed by atoms with Crippen molar-refractivity contribution in [2.75, 3.05) is 0 Å². The summed E-state index contributed by atoms with van der Waals surface area (Å²) in [5.74, 6) is -0.241. The molecule has 0 bridgehead atoms. The highest BCUT2D eigenvalue weighted by atomic mass is 19.1. The predicted molar refractivity (Wildman–Crippen MR) is 63.1 cm³/mol. The number of aryl methyl sites for hydroxylation is 1. The van der Waals surface area contributed by atoms with Gasteiger partial charge in [-0.2, -0.15) is 0 Å². The molecule has 17 heavy (non-hydrogen) atoms. The van der Waals surface area contributed by atoms with Gasteiger partial charge in [0.05, 0.1) is 18.1 Å². The summed E-state index contributed by atoms with van der Waals surface area (Å²) < 4.78 is 15.6. The van der Waals surface area contributed by atoms with E-state index in [1.54, 1.807) is 30.9 Å². The van der Waals surface area contributed by atoms with Gasteiger partial charge in [0.2, 0.25) is 0 Å². The first kappa shape index (κ1) is 9.96. The fourth-order valence-electron chi connectivity index (χ4n) is 1.88. The number of halogens is 1. The molecule has 2 heterocycles. The number of aromatic nitrogens is 3. The lowest BCUT2D eigenvalue weighted by atomic mass is 10.1. The lowest BCUT2D eigenvalue weighted by molar-refractivity contribution is 0.630. The molecular formula is C13H10FN3. The molecule has 0 saturated heterocycles. The zero-order valence-electron chi connectivity index (χ0n) is 9.26. The molecule has 0 amide bonds. The van der Waals surface area contributed by atoms with Crippen LogP contribution in [0.2, 0.25) is 0 Å². The van der Waals surface area contributed by atoms with E-state index in [4.69, 9.17) is 0 Å². The molecule has 0 fully saturated rings. The number of fused-ring (bicyclic) bond motifs is 1. The van der Waals surface area contributed by atoms with Gasteiger partial charge in [-0.15, -0.1) is 0 Å². The lowest BCUT2D eigenvalue weighted by Gasteiger charge is -2.04. The third-order valence-electron chi connectivity index (χ3n) is 2.72. The Kier molecular flexibility index (Phi) is 2.14. The van der Waals surface area contributed by atoms with E-state index in [0.717, 1.165) is 11.3 Å². The number of nitrogens with zero attached hydrogens (tertiary/aromatic N) is 3. The second-order valence-electron chi connectivity index (χ2n) is 3.93. The van der Waals surface area contributed by atoms with E-state index in [2.05, 4.69) is 9.97 Å². The third-order valence-corrected chi connectivity index (χ3v) is 2.72. The second-order valence-corrected chi connectivity index (χ2v) is 3.93. The molecule has 0 spiro atoms. The van der Waals surface area contributed by atoms with E-state index < -0.39 is 0 Å². The van der Waals surface area contributed by atoms with Crippen LogP contribution in [0.15, 0.2) is 43.0 Å². The zero-order valence-corrected chi connectivity index (χ0v) is 9.26. The van der Waals surface area contributed by atoms with Gasteiger partial charge in [0, 0.05) is 18.0 Å². The van der Waals surface area contributed by atoms with Crippen LogP contribution in [0.3, 0.4) is 0 Å². The molecule has 3 rings (SSSR count). The largest absolute Gasteiger partial charge is 0.297 e. The molecule has 0 aliphatic heterocycles. The maximum absolute atomic E-state index is 13.8. The van der Waals surface area contributed by atoms with Crippen molar-refractivity contribution in [3.63, 3.8) is 0 Å². The van der Waals surface area contributed by atoms with Crippen molar-refractivity contribution in [1.29, 1.82) is 0 Å². The predicted octanol–water partition coefficient (Wildman–Crippen LogP) is 2.84. The topological polar surface area (TPSA) is 30.2 Å². The molecule has 0 aliphatic rings. The Labute approximate surface area is 97.6 Å². The van der Waals surface area contributed by atoms with Gasteiger partial charge in [-0.25, -0.2) is 9.37 Å². The quantitative estimate of drug-likeness (QED) is 0.640. The van der Waals surface area contributed by atoms with Crippen molar-refractivity contribution in [2.24, 2.45) is 0 Å². The van der Waals surface area contributed by atoms with Crippen LogP contribution in [0.4, 0.5) is 4.39 Å². The Morgan fingerprint density at radius 3 is 3.00 bits per heavy atom. The summed E-state index contributed by atoms with van der Waals surface area (Å²) in [6, 6.07) is 5.05.